The van der Waals surface area contributed by atoms with Crippen LogP contribution in [0.1, 0.15) is 18.5 Å². The number of Topliss-reactive ketones (excluding diaryl/α,β-unsaturated/α-hetero) is 1. The first-order valence-corrected chi connectivity index (χ1v) is 8.33. The largest absolute Gasteiger partial charge is 0.383 e. The third-order valence-corrected chi connectivity index (χ3v) is 5.25. The maximum absolute atomic E-state index is 11.5. The molecule has 3 N–H and O–H groups in total. The Balaban J connectivity index is 1.71. The Morgan fingerprint density at radius 2 is 2.22 bits per heavy atom. The number of thiazole rings is 1. The van der Waals surface area contributed by atoms with Crippen LogP contribution >= 0.6 is 11.3 Å². The van der Waals surface area contributed by atoms with Gasteiger partial charge in [0.05, 0.1) is 27.5 Å². The average Bonchev–Trinajstić information content (AvgIpc) is 3.20. The number of aromatic nitrogens is 3. The minimum Gasteiger partial charge on any atom is -0.383 e. The quantitative estimate of drug-likeness (QED) is 0.687. The maximum atomic E-state index is 11.5. The number of para-hydroxylation sites is 1. The molecule has 0 amide bonds. The van der Waals surface area contributed by atoms with Crippen molar-refractivity contribution in [3.63, 3.8) is 0 Å². The molecule has 0 spiro atoms. The molecule has 1 aliphatic carbocycles. The van der Waals surface area contributed by atoms with E-state index in [4.69, 9.17) is 0 Å². The molecule has 6 nitrogen and oxygen atoms in total. The first-order chi connectivity index (χ1) is 11.1. The molecule has 1 aliphatic rings. The van der Waals surface area contributed by atoms with Gasteiger partial charge in [0.1, 0.15) is 16.9 Å². The number of carbonyl (C=O) groups excluding carboxylic acids is 1. The van der Waals surface area contributed by atoms with Crippen LogP contribution in [-0.4, -0.2) is 38.2 Å². The fourth-order valence-electron chi connectivity index (χ4n) is 2.94. The lowest BCUT2D eigenvalue weighted by Gasteiger charge is -2.16. The van der Waals surface area contributed by atoms with E-state index in [-0.39, 0.29) is 11.8 Å². The number of aliphatic hydroxyl groups is 1. The lowest BCUT2D eigenvalue weighted by atomic mass is 10.2. The van der Waals surface area contributed by atoms with Gasteiger partial charge in [0.2, 0.25) is 0 Å². The third-order valence-electron chi connectivity index (χ3n) is 4.20. The fraction of sp³-hybridized carbons (Fsp3) is 0.312. The molecule has 23 heavy (non-hydrogen) atoms. The van der Waals surface area contributed by atoms with Crippen LogP contribution in [0.5, 0.6) is 0 Å². The highest BCUT2D eigenvalue weighted by molar-refractivity contribution is 7.21. The number of hydrogen-bond acceptors (Lipinski definition) is 6. The van der Waals surface area contributed by atoms with Crippen molar-refractivity contribution in [2.75, 3.05) is 5.32 Å². The Kier molecular flexibility index (Phi) is 3.39. The van der Waals surface area contributed by atoms with E-state index in [0.29, 0.717) is 18.7 Å². The highest BCUT2D eigenvalue weighted by atomic mass is 32.1. The summed E-state index contributed by atoms with van der Waals surface area (Å²) in [5.74, 6) is 0.598. The van der Waals surface area contributed by atoms with Crippen LogP contribution in [0.4, 0.5) is 5.82 Å². The molecule has 118 valence electrons. The summed E-state index contributed by atoms with van der Waals surface area (Å²) < 4.78 is 1.12. The number of H-pyrrole nitrogens is 1. The number of hydrogen-bond donors (Lipinski definition) is 3. The Morgan fingerprint density at radius 1 is 1.39 bits per heavy atom. The molecule has 2 aromatic heterocycles. The second-order valence-corrected chi connectivity index (χ2v) is 6.78. The number of anilines is 1. The van der Waals surface area contributed by atoms with Crippen molar-refractivity contribution in [2.45, 2.75) is 31.9 Å². The van der Waals surface area contributed by atoms with Gasteiger partial charge in [-0.3, -0.25) is 9.89 Å². The van der Waals surface area contributed by atoms with Gasteiger partial charge in [0.25, 0.3) is 0 Å². The van der Waals surface area contributed by atoms with Crippen molar-refractivity contribution in [3.05, 3.63) is 30.0 Å². The minimum atomic E-state index is -0.957. The van der Waals surface area contributed by atoms with E-state index in [1.54, 1.807) is 11.3 Å². The van der Waals surface area contributed by atoms with Crippen LogP contribution in [0, 0.1) is 6.92 Å². The molecule has 1 aromatic carbocycles. The number of fused-ring (bicyclic) bond motifs is 1. The first-order valence-electron chi connectivity index (χ1n) is 7.51. The van der Waals surface area contributed by atoms with E-state index in [1.807, 2.05) is 31.2 Å². The summed E-state index contributed by atoms with van der Waals surface area (Å²) in [6.45, 7) is 1.92. The Morgan fingerprint density at radius 3 is 2.96 bits per heavy atom. The lowest BCUT2D eigenvalue weighted by molar-refractivity contribution is -0.124. The average molecular weight is 328 g/mol. The number of ketones is 1. The van der Waals surface area contributed by atoms with Gasteiger partial charge in [-0.1, -0.05) is 12.1 Å². The molecule has 3 aromatic rings. The number of nitrogens with one attached hydrogen (secondary N) is 2. The maximum Gasteiger partial charge on any atom is 0.163 e. The summed E-state index contributed by atoms with van der Waals surface area (Å²) in [5.41, 5.74) is 2.69. The SMILES string of the molecule is Cc1n[nH]c(N[C@@H]2CCC(=O)[C@H]2O)c1-c1nc2ccccc2s1. The van der Waals surface area contributed by atoms with E-state index < -0.39 is 6.10 Å². The van der Waals surface area contributed by atoms with E-state index in [1.165, 1.54) is 0 Å². The van der Waals surface area contributed by atoms with Gasteiger partial charge in [-0.2, -0.15) is 5.10 Å². The second-order valence-electron chi connectivity index (χ2n) is 5.75. The van der Waals surface area contributed by atoms with Crippen LogP contribution in [0.3, 0.4) is 0 Å². The van der Waals surface area contributed by atoms with E-state index >= 15 is 0 Å². The first kappa shape index (κ1) is 14.3. The van der Waals surface area contributed by atoms with Gasteiger partial charge in [-0.15, -0.1) is 11.3 Å². The van der Waals surface area contributed by atoms with Gasteiger partial charge >= 0.3 is 0 Å². The smallest absolute Gasteiger partial charge is 0.163 e. The number of aryl methyl sites for hydroxylation is 1. The van der Waals surface area contributed by atoms with Gasteiger partial charge < -0.3 is 10.4 Å². The molecule has 1 saturated carbocycles. The van der Waals surface area contributed by atoms with Crippen molar-refractivity contribution in [3.8, 4) is 10.6 Å². The topological polar surface area (TPSA) is 90.9 Å². The highest BCUT2D eigenvalue weighted by Crippen LogP contribution is 2.36. The highest BCUT2D eigenvalue weighted by Gasteiger charge is 2.34. The molecule has 0 radical (unpaired) electrons. The summed E-state index contributed by atoms with van der Waals surface area (Å²) in [4.78, 5) is 16.2. The van der Waals surface area contributed by atoms with Crippen molar-refractivity contribution < 1.29 is 9.90 Å². The number of benzene rings is 1. The van der Waals surface area contributed by atoms with Crippen molar-refractivity contribution in [1.29, 1.82) is 0 Å². The summed E-state index contributed by atoms with van der Waals surface area (Å²) in [7, 11) is 0. The standard InChI is InChI=1S/C16H16N4O2S/c1-8-13(16-18-9-4-2-3-5-12(9)23-16)15(20-19-8)17-10-6-7-11(21)14(10)22/h2-5,10,14,22H,6-7H2,1H3,(H2,17,19,20)/t10-,14+/m1/s1. The summed E-state index contributed by atoms with van der Waals surface area (Å²) >= 11 is 1.60. The predicted octanol–water partition coefficient (Wildman–Crippen LogP) is 2.50. The normalized spacial score (nSPS) is 21.2. The van der Waals surface area contributed by atoms with Crippen LogP contribution in [-0.2, 0) is 4.79 Å². The molecule has 2 heterocycles. The summed E-state index contributed by atoms with van der Waals surface area (Å²) in [5, 5.41) is 21.3. The fourth-order valence-corrected chi connectivity index (χ4v) is 4.01. The Bertz CT molecular complexity index is 852. The zero-order valence-electron chi connectivity index (χ0n) is 12.5. The Hall–Kier alpha value is -2.25. The van der Waals surface area contributed by atoms with E-state index in [2.05, 4.69) is 20.5 Å². The molecular formula is C16H16N4O2S. The van der Waals surface area contributed by atoms with Gasteiger partial charge in [-0.05, 0) is 25.5 Å². The van der Waals surface area contributed by atoms with E-state index in [0.717, 1.165) is 26.5 Å². The zero-order chi connectivity index (χ0) is 16.0. The number of nitrogens with zero attached hydrogens (tertiary/aromatic N) is 2. The number of rotatable bonds is 3. The monoisotopic (exact) mass is 328 g/mol. The van der Waals surface area contributed by atoms with Crippen molar-refractivity contribution in [2.24, 2.45) is 0 Å². The molecule has 4 rings (SSSR count). The molecule has 0 aliphatic heterocycles. The Labute approximate surface area is 136 Å². The number of aromatic amines is 1. The van der Waals surface area contributed by atoms with E-state index in [9.17, 15) is 9.90 Å². The summed E-state index contributed by atoms with van der Waals surface area (Å²) in [6.07, 6.45) is 0.0709. The van der Waals surface area contributed by atoms with Gasteiger partial charge in [0.15, 0.2) is 5.78 Å². The molecular weight excluding hydrogens is 312 g/mol. The number of aliphatic hydroxyl groups excluding tert-OH is 1. The second kappa shape index (κ2) is 5.43. The lowest BCUT2D eigenvalue weighted by Crippen LogP contribution is -2.32. The molecule has 7 heteroatoms. The molecule has 2 atom stereocenters. The van der Waals surface area contributed by atoms with Crippen molar-refractivity contribution >= 4 is 33.2 Å². The van der Waals surface area contributed by atoms with Crippen LogP contribution < -0.4 is 5.32 Å². The van der Waals surface area contributed by atoms with Crippen LogP contribution in [0.15, 0.2) is 24.3 Å². The minimum absolute atomic E-state index is 0.111. The van der Waals surface area contributed by atoms with Gasteiger partial charge in [-0.25, -0.2) is 4.98 Å². The van der Waals surface area contributed by atoms with Crippen molar-refractivity contribution in [1.82, 2.24) is 15.2 Å². The van der Waals surface area contributed by atoms with Crippen LogP contribution in [0.25, 0.3) is 20.8 Å². The molecule has 1 fully saturated rings. The zero-order valence-corrected chi connectivity index (χ0v) is 13.4. The molecule has 0 unspecified atom stereocenters. The molecule has 0 bridgehead atoms. The van der Waals surface area contributed by atoms with Gasteiger partial charge in [0, 0.05) is 6.42 Å². The third kappa shape index (κ3) is 2.42. The molecule has 0 saturated heterocycles. The number of carbonyl (C=O) groups is 1. The van der Waals surface area contributed by atoms with Crippen LogP contribution in [0.2, 0.25) is 0 Å². The summed E-state index contributed by atoms with van der Waals surface area (Å²) in [6, 6.07) is 7.70. The predicted molar refractivity (Wildman–Crippen MR) is 89.6 cm³/mol.